The summed E-state index contributed by atoms with van der Waals surface area (Å²) in [6, 6.07) is 13.8. The predicted molar refractivity (Wildman–Crippen MR) is 69.4 cm³/mol. The van der Waals surface area contributed by atoms with Crippen LogP contribution in [0.4, 0.5) is 5.82 Å². The van der Waals surface area contributed by atoms with Crippen LogP contribution in [-0.4, -0.2) is 18.2 Å². The third kappa shape index (κ3) is 1.55. The van der Waals surface area contributed by atoms with Crippen molar-refractivity contribution in [3.8, 4) is 11.1 Å². The molecule has 3 nitrogen and oxygen atoms in total. The lowest BCUT2D eigenvalue weighted by atomic mass is 10.1. The number of fused-ring (bicyclic) bond motifs is 1. The summed E-state index contributed by atoms with van der Waals surface area (Å²) in [5, 5.41) is 0. The Balaban J connectivity index is 2.19. The fourth-order valence-corrected chi connectivity index (χ4v) is 2.32. The van der Waals surface area contributed by atoms with Crippen LogP contribution in [0.3, 0.4) is 0 Å². The zero-order valence-corrected chi connectivity index (χ0v) is 9.76. The van der Waals surface area contributed by atoms with Crippen molar-refractivity contribution in [2.45, 2.75) is 6.54 Å². The molecule has 1 aliphatic heterocycles. The van der Waals surface area contributed by atoms with Gasteiger partial charge in [-0.3, -0.25) is 9.36 Å². The van der Waals surface area contributed by atoms with E-state index < -0.39 is 0 Å². The molecule has 0 bridgehead atoms. The Morgan fingerprint density at radius 2 is 1.76 bits per heavy atom. The van der Waals surface area contributed by atoms with Gasteiger partial charge in [-0.05, 0) is 17.7 Å². The van der Waals surface area contributed by atoms with Gasteiger partial charge in [-0.2, -0.15) is 0 Å². The molecule has 3 rings (SSSR count). The first-order valence-electron chi connectivity index (χ1n) is 5.78. The first-order chi connectivity index (χ1) is 8.27. The summed E-state index contributed by atoms with van der Waals surface area (Å²) in [4.78, 5) is 14.5. The van der Waals surface area contributed by atoms with Gasteiger partial charge in [0, 0.05) is 25.7 Å². The third-order valence-electron chi connectivity index (χ3n) is 3.29. The van der Waals surface area contributed by atoms with E-state index in [2.05, 4.69) is 4.90 Å². The lowest BCUT2D eigenvalue weighted by Gasteiger charge is -2.11. The highest BCUT2D eigenvalue weighted by molar-refractivity contribution is 5.64. The van der Waals surface area contributed by atoms with E-state index in [0.29, 0.717) is 0 Å². The maximum Gasteiger partial charge on any atom is 0.260 e. The summed E-state index contributed by atoms with van der Waals surface area (Å²) in [5.74, 6) is 1.01. The first kappa shape index (κ1) is 10.1. The van der Waals surface area contributed by atoms with E-state index >= 15 is 0 Å². The molecule has 86 valence electrons. The van der Waals surface area contributed by atoms with Crippen LogP contribution in [-0.2, 0) is 6.54 Å². The molecule has 0 fully saturated rings. The fraction of sp³-hybridized carbons (Fsp3) is 0.214. The quantitative estimate of drug-likeness (QED) is 0.742. The summed E-state index contributed by atoms with van der Waals surface area (Å²) >= 11 is 0. The van der Waals surface area contributed by atoms with E-state index in [1.54, 1.807) is 0 Å². The van der Waals surface area contributed by atoms with E-state index in [9.17, 15) is 4.79 Å². The number of hydrogen-bond acceptors (Lipinski definition) is 2. The number of aromatic nitrogens is 1. The number of nitrogens with zero attached hydrogens (tertiary/aromatic N) is 2. The summed E-state index contributed by atoms with van der Waals surface area (Å²) in [7, 11) is 2.01. The zero-order chi connectivity index (χ0) is 11.8. The average Bonchev–Trinajstić information content (AvgIpc) is 2.74. The van der Waals surface area contributed by atoms with Crippen molar-refractivity contribution >= 4 is 5.82 Å². The van der Waals surface area contributed by atoms with Crippen LogP contribution >= 0.6 is 0 Å². The molecule has 0 N–H and O–H groups in total. The molecule has 2 heterocycles. The highest BCUT2D eigenvalue weighted by Gasteiger charge is 2.18. The van der Waals surface area contributed by atoms with E-state index in [1.807, 2.05) is 54.1 Å². The number of benzene rings is 1. The topological polar surface area (TPSA) is 25.2 Å². The summed E-state index contributed by atoms with van der Waals surface area (Å²) < 4.78 is 1.85. The van der Waals surface area contributed by atoms with Gasteiger partial charge < -0.3 is 4.90 Å². The molecule has 0 amide bonds. The molecule has 2 aromatic rings. The van der Waals surface area contributed by atoms with Crippen molar-refractivity contribution in [1.82, 2.24) is 4.57 Å². The molecule has 3 heteroatoms. The molecule has 1 aliphatic rings. The van der Waals surface area contributed by atoms with Gasteiger partial charge in [0.05, 0.1) is 0 Å². The second-order valence-electron chi connectivity index (χ2n) is 4.35. The minimum Gasteiger partial charge on any atom is -0.359 e. The van der Waals surface area contributed by atoms with Crippen LogP contribution in [0.15, 0.2) is 47.3 Å². The lowest BCUT2D eigenvalue weighted by molar-refractivity contribution is 0.765. The molecule has 0 radical (unpaired) electrons. The van der Waals surface area contributed by atoms with Crippen LogP contribution in [0, 0.1) is 0 Å². The fourth-order valence-electron chi connectivity index (χ4n) is 2.32. The van der Waals surface area contributed by atoms with E-state index in [-0.39, 0.29) is 5.56 Å². The third-order valence-corrected chi connectivity index (χ3v) is 3.29. The molecule has 0 unspecified atom stereocenters. The highest BCUT2D eigenvalue weighted by Crippen LogP contribution is 2.21. The van der Waals surface area contributed by atoms with Gasteiger partial charge >= 0.3 is 0 Å². The number of pyridine rings is 1. The molecular weight excluding hydrogens is 212 g/mol. The second kappa shape index (κ2) is 3.77. The first-order valence-corrected chi connectivity index (χ1v) is 5.78. The molecule has 0 spiro atoms. The van der Waals surface area contributed by atoms with E-state index in [4.69, 9.17) is 0 Å². The Morgan fingerprint density at radius 3 is 2.53 bits per heavy atom. The molecule has 1 aromatic carbocycles. The minimum atomic E-state index is 0.109. The second-order valence-corrected chi connectivity index (χ2v) is 4.35. The van der Waals surface area contributed by atoms with Crippen LogP contribution in [0.25, 0.3) is 11.1 Å². The Labute approximate surface area is 99.9 Å². The summed E-state index contributed by atoms with van der Waals surface area (Å²) in [6.45, 7) is 1.69. The predicted octanol–water partition coefficient (Wildman–Crippen LogP) is 1.97. The molecular formula is C14H14N2O. The maximum atomic E-state index is 12.3. The van der Waals surface area contributed by atoms with Crippen molar-refractivity contribution < 1.29 is 0 Å². The summed E-state index contributed by atoms with van der Waals surface area (Å²) in [5.41, 5.74) is 1.88. The van der Waals surface area contributed by atoms with Gasteiger partial charge in [-0.15, -0.1) is 0 Å². The van der Waals surface area contributed by atoms with E-state index in [1.165, 1.54) is 0 Å². The van der Waals surface area contributed by atoms with Gasteiger partial charge in [0.1, 0.15) is 5.82 Å². The standard InChI is InChI=1S/C14H14N2O/c1-15-9-10-16-13(15)8-7-12(14(16)17)11-5-3-2-4-6-11/h2-8H,9-10H2,1H3. The molecule has 0 saturated carbocycles. The van der Waals surface area contributed by atoms with Crippen LogP contribution in [0.1, 0.15) is 0 Å². The molecule has 0 saturated heterocycles. The molecule has 1 aromatic heterocycles. The van der Waals surface area contributed by atoms with Crippen molar-refractivity contribution in [2.75, 3.05) is 18.5 Å². The SMILES string of the molecule is CN1CCn2c1ccc(-c1ccccc1)c2=O. The van der Waals surface area contributed by atoms with E-state index in [0.717, 1.165) is 30.0 Å². The van der Waals surface area contributed by atoms with Crippen LogP contribution in [0.5, 0.6) is 0 Å². The smallest absolute Gasteiger partial charge is 0.260 e. The van der Waals surface area contributed by atoms with Gasteiger partial charge in [0.25, 0.3) is 5.56 Å². The number of hydrogen-bond donors (Lipinski definition) is 0. The monoisotopic (exact) mass is 226 g/mol. The van der Waals surface area contributed by atoms with Gasteiger partial charge in [0.15, 0.2) is 0 Å². The number of rotatable bonds is 1. The largest absolute Gasteiger partial charge is 0.359 e. The Morgan fingerprint density at radius 1 is 1.00 bits per heavy atom. The van der Waals surface area contributed by atoms with Crippen molar-refractivity contribution in [3.63, 3.8) is 0 Å². The zero-order valence-electron chi connectivity index (χ0n) is 9.76. The van der Waals surface area contributed by atoms with Crippen molar-refractivity contribution in [1.29, 1.82) is 0 Å². The van der Waals surface area contributed by atoms with Gasteiger partial charge in [-0.1, -0.05) is 30.3 Å². The molecule has 17 heavy (non-hydrogen) atoms. The van der Waals surface area contributed by atoms with Crippen molar-refractivity contribution in [3.05, 3.63) is 52.8 Å². The van der Waals surface area contributed by atoms with Crippen LogP contribution < -0.4 is 10.5 Å². The van der Waals surface area contributed by atoms with Crippen molar-refractivity contribution in [2.24, 2.45) is 0 Å². The minimum absolute atomic E-state index is 0.109. The maximum absolute atomic E-state index is 12.3. The Hall–Kier alpha value is -2.03. The van der Waals surface area contributed by atoms with Gasteiger partial charge in [0.2, 0.25) is 0 Å². The molecule has 0 aliphatic carbocycles. The Bertz CT molecular complexity index is 601. The summed E-state index contributed by atoms with van der Waals surface area (Å²) in [6.07, 6.45) is 0. The Kier molecular flexibility index (Phi) is 2.25. The normalized spacial score (nSPS) is 13.8. The number of likely N-dealkylation sites (N-methyl/N-ethyl adjacent to an activating group) is 1. The average molecular weight is 226 g/mol. The molecule has 0 atom stereocenters. The lowest BCUT2D eigenvalue weighted by Crippen LogP contribution is -2.19. The number of anilines is 1. The highest BCUT2D eigenvalue weighted by atomic mass is 16.1. The van der Waals surface area contributed by atoms with Gasteiger partial charge in [-0.25, -0.2) is 0 Å². The van der Waals surface area contributed by atoms with Crippen LogP contribution in [0.2, 0.25) is 0 Å².